The van der Waals surface area contributed by atoms with Crippen LogP contribution < -0.4 is 0 Å². The van der Waals surface area contributed by atoms with Crippen LogP contribution in [0.3, 0.4) is 0 Å². The standard InChI is InChI=1S/C17H17N3O2/c1-10(2)11-4-5-13-14(8-11)20-16(19-13)12-6-7-18-15(9-12)17(21)22-3/h4-10H,1-3H3,(H,19,20). The van der Waals surface area contributed by atoms with Gasteiger partial charge >= 0.3 is 5.97 Å². The number of esters is 1. The number of aromatic nitrogens is 3. The van der Waals surface area contributed by atoms with E-state index >= 15 is 0 Å². The Hall–Kier alpha value is -2.69. The molecule has 0 fully saturated rings. The minimum Gasteiger partial charge on any atom is -0.464 e. The number of nitrogens with zero attached hydrogens (tertiary/aromatic N) is 2. The Bertz CT molecular complexity index is 837. The number of hydrogen-bond acceptors (Lipinski definition) is 4. The molecule has 5 heteroatoms. The second-order valence-corrected chi connectivity index (χ2v) is 5.44. The summed E-state index contributed by atoms with van der Waals surface area (Å²) in [5, 5.41) is 0. The zero-order valence-electron chi connectivity index (χ0n) is 12.8. The van der Waals surface area contributed by atoms with Crippen molar-refractivity contribution in [1.29, 1.82) is 0 Å². The Balaban J connectivity index is 2.05. The fourth-order valence-corrected chi connectivity index (χ4v) is 2.32. The molecule has 112 valence electrons. The molecule has 0 atom stereocenters. The molecular formula is C17H17N3O2. The van der Waals surface area contributed by atoms with E-state index in [1.165, 1.54) is 12.7 Å². The molecule has 0 spiro atoms. The topological polar surface area (TPSA) is 67.9 Å². The fourth-order valence-electron chi connectivity index (χ4n) is 2.32. The number of carbonyl (C=O) groups is 1. The predicted molar refractivity (Wildman–Crippen MR) is 84.8 cm³/mol. The number of rotatable bonds is 3. The van der Waals surface area contributed by atoms with Gasteiger partial charge in [-0.1, -0.05) is 19.9 Å². The number of imidazole rings is 1. The molecule has 5 nitrogen and oxygen atoms in total. The van der Waals surface area contributed by atoms with Gasteiger partial charge in [-0.3, -0.25) is 0 Å². The second-order valence-electron chi connectivity index (χ2n) is 5.44. The van der Waals surface area contributed by atoms with E-state index in [4.69, 9.17) is 4.74 Å². The quantitative estimate of drug-likeness (QED) is 0.750. The number of nitrogens with one attached hydrogen (secondary N) is 1. The molecule has 1 N–H and O–H groups in total. The molecule has 0 amide bonds. The fraction of sp³-hybridized carbons (Fsp3) is 0.235. The minimum atomic E-state index is -0.458. The molecular weight excluding hydrogens is 278 g/mol. The maximum atomic E-state index is 11.6. The number of fused-ring (bicyclic) bond motifs is 1. The number of methoxy groups -OCH3 is 1. The van der Waals surface area contributed by atoms with Gasteiger partial charge in [-0.15, -0.1) is 0 Å². The lowest BCUT2D eigenvalue weighted by atomic mass is 10.0. The molecule has 0 aliphatic rings. The molecule has 0 saturated heterocycles. The summed E-state index contributed by atoms with van der Waals surface area (Å²) in [5.41, 5.74) is 4.21. The summed E-state index contributed by atoms with van der Waals surface area (Å²) in [6.07, 6.45) is 1.58. The van der Waals surface area contributed by atoms with Crippen molar-refractivity contribution in [3.8, 4) is 11.4 Å². The van der Waals surface area contributed by atoms with E-state index in [0.717, 1.165) is 16.6 Å². The largest absolute Gasteiger partial charge is 0.464 e. The van der Waals surface area contributed by atoms with Crippen LogP contribution in [-0.2, 0) is 4.74 Å². The summed E-state index contributed by atoms with van der Waals surface area (Å²) in [6.45, 7) is 4.31. The monoisotopic (exact) mass is 295 g/mol. The third-order valence-corrected chi connectivity index (χ3v) is 3.60. The minimum absolute atomic E-state index is 0.267. The number of hydrogen-bond donors (Lipinski definition) is 1. The molecule has 2 aromatic heterocycles. The first-order valence-electron chi connectivity index (χ1n) is 7.13. The van der Waals surface area contributed by atoms with Crippen molar-refractivity contribution in [2.75, 3.05) is 7.11 Å². The Kier molecular flexibility index (Phi) is 3.63. The van der Waals surface area contributed by atoms with Crippen molar-refractivity contribution in [1.82, 2.24) is 15.0 Å². The van der Waals surface area contributed by atoms with Gasteiger partial charge in [0, 0.05) is 11.8 Å². The Morgan fingerprint density at radius 3 is 2.77 bits per heavy atom. The molecule has 0 unspecified atom stereocenters. The van der Waals surface area contributed by atoms with Gasteiger partial charge in [-0.05, 0) is 35.7 Å². The molecule has 3 aromatic rings. The second kappa shape index (κ2) is 5.60. The van der Waals surface area contributed by atoms with Crippen LogP contribution in [0.4, 0.5) is 0 Å². The highest BCUT2D eigenvalue weighted by Crippen LogP contribution is 2.24. The van der Waals surface area contributed by atoms with Crippen molar-refractivity contribution in [2.45, 2.75) is 19.8 Å². The van der Waals surface area contributed by atoms with Crippen molar-refractivity contribution >= 4 is 17.0 Å². The lowest BCUT2D eigenvalue weighted by Gasteiger charge is -2.03. The van der Waals surface area contributed by atoms with E-state index in [2.05, 4.69) is 40.9 Å². The third kappa shape index (κ3) is 2.57. The zero-order valence-corrected chi connectivity index (χ0v) is 12.8. The van der Waals surface area contributed by atoms with Crippen LogP contribution in [-0.4, -0.2) is 28.0 Å². The van der Waals surface area contributed by atoms with E-state index < -0.39 is 5.97 Å². The Labute approximate surface area is 128 Å². The van der Waals surface area contributed by atoms with Crippen LogP contribution in [0.25, 0.3) is 22.4 Å². The summed E-state index contributed by atoms with van der Waals surface area (Å²) in [6, 6.07) is 9.69. The first-order valence-corrected chi connectivity index (χ1v) is 7.13. The third-order valence-electron chi connectivity index (χ3n) is 3.60. The summed E-state index contributed by atoms with van der Waals surface area (Å²) >= 11 is 0. The number of benzene rings is 1. The Morgan fingerprint density at radius 2 is 2.05 bits per heavy atom. The van der Waals surface area contributed by atoms with Gasteiger partial charge in [-0.25, -0.2) is 14.8 Å². The molecule has 0 saturated carbocycles. The maximum absolute atomic E-state index is 11.6. The van der Waals surface area contributed by atoms with Crippen LogP contribution >= 0.6 is 0 Å². The first kappa shape index (κ1) is 14.3. The van der Waals surface area contributed by atoms with Gasteiger partial charge in [0.15, 0.2) is 0 Å². The van der Waals surface area contributed by atoms with E-state index in [-0.39, 0.29) is 5.69 Å². The number of ether oxygens (including phenoxy) is 1. The predicted octanol–water partition coefficient (Wildman–Crippen LogP) is 3.53. The van der Waals surface area contributed by atoms with Gasteiger partial charge in [-0.2, -0.15) is 0 Å². The molecule has 0 radical (unpaired) electrons. The molecule has 0 bridgehead atoms. The zero-order chi connectivity index (χ0) is 15.7. The summed E-state index contributed by atoms with van der Waals surface area (Å²) in [5.74, 6) is 0.714. The lowest BCUT2D eigenvalue weighted by Crippen LogP contribution is -2.03. The van der Waals surface area contributed by atoms with Crippen LogP contribution in [0.1, 0.15) is 35.8 Å². The number of aromatic amines is 1. The highest BCUT2D eigenvalue weighted by Gasteiger charge is 2.11. The van der Waals surface area contributed by atoms with Crippen LogP contribution in [0.15, 0.2) is 36.5 Å². The normalized spacial score (nSPS) is 11.1. The molecule has 1 aromatic carbocycles. The van der Waals surface area contributed by atoms with Gasteiger partial charge in [0.1, 0.15) is 11.5 Å². The van der Waals surface area contributed by atoms with Gasteiger partial charge < -0.3 is 9.72 Å². The van der Waals surface area contributed by atoms with Crippen LogP contribution in [0.5, 0.6) is 0 Å². The van der Waals surface area contributed by atoms with Crippen molar-refractivity contribution in [3.05, 3.63) is 47.8 Å². The average molecular weight is 295 g/mol. The SMILES string of the molecule is COC(=O)c1cc(-c2nc3ccc(C(C)C)cc3[nH]2)ccn1. The van der Waals surface area contributed by atoms with E-state index in [9.17, 15) is 4.79 Å². The number of pyridine rings is 1. The van der Waals surface area contributed by atoms with Crippen molar-refractivity contribution < 1.29 is 9.53 Å². The van der Waals surface area contributed by atoms with E-state index in [0.29, 0.717) is 11.7 Å². The maximum Gasteiger partial charge on any atom is 0.356 e. The first-order chi connectivity index (χ1) is 10.6. The summed E-state index contributed by atoms with van der Waals surface area (Å²) in [4.78, 5) is 23.5. The van der Waals surface area contributed by atoms with Gasteiger partial charge in [0.05, 0.1) is 18.1 Å². The van der Waals surface area contributed by atoms with Crippen LogP contribution in [0, 0.1) is 0 Å². The van der Waals surface area contributed by atoms with Gasteiger partial charge in [0.25, 0.3) is 0 Å². The Morgan fingerprint density at radius 1 is 1.23 bits per heavy atom. The number of carbonyl (C=O) groups excluding carboxylic acids is 1. The molecule has 22 heavy (non-hydrogen) atoms. The summed E-state index contributed by atoms with van der Waals surface area (Å²) < 4.78 is 4.70. The van der Waals surface area contributed by atoms with Crippen molar-refractivity contribution in [2.24, 2.45) is 0 Å². The van der Waals surface area contributed by atoms with E-state index in [1.807, 2.05) is 12.1 Å². The lowest BCUT2D eigenvalue weighted by molar-refractivity contribution is 0.0594. The average Bonchev–Trinajstić information content (AvgIpc) is 2.97. The van der Waals surface area contributed by atoms with Crippen molar-refractivity contribution in [3.63, 3.8) is 0 Å². The number of H-pyrrole nitrogens is 1. The highest BCUT2D eigenvalue weighted by atomic mass is 16.5. The smallest absolute Gasteiger partial charge is 0.356 e. The van der Waals surface area contributed by atoms with Crippen LogP contribution in [0.2, 0.25) is 0 Å². The molecule has 0 aliphatic carbocycles. The molecule has 2 heterocycles. The molecule has 0 aliphatic heterocycles. The van der Waals surface area contributed by atoms with Gasteiger partial charge in [0.2, 0.25) is 0 Å². The molecule has 3 rings (SSSR count). The highest BCUT2D eigenvalue weighted by molar-refractivity contribution is 5.89. The summed E-state index contributed by atoms with van der Waals surface area (Å²) in [7, 11) is 1.34. The van der Waals surface area contributed by atoms with E-state index in [1.54, 1.807) is 12.3 Å².